The van der Waals surface area contributed by atoms with E-state index < -0.39 is 10.0 Å². The SMILES string of the molecule is COc1ccc(Cl)cc1CC[C@@H]1[C@@H](c2ccc(S(=O)(=O)NN)cc2)C1(C)C. The zero-order valence-corrected chi connectivity index (χ0v) is 17.3. The van der Waals surface area contributed by atoms with Gasteiger partial charge in [-0.3, -0.25) is 5.84 Å². The molecule has 1 saturated carbocycles. The van der Waals surface area contributed by atoms with Crippen molar-refractivity contribution in [3.63, 3.8) is 0 Å². The first-order chi connectivity index (χ1) is 12.7. The second-order valence-electron chi connectivity index (χ2n) is 7.59. The maximum Gasteiger partial charge on any atom is 0.253 e. The molecule has 0 bridgehead atoms. The van der Waals surface area contributed by atoms with Crippen LogP contribution in [0.1, 0.15) is 37.3 Å². The zero-order chi connectivity index (χ0) is 19.8. The average Bonchev–Trinajstić information content (AvgIpc) is 3.20. The fourth-order valence-corrected chi connectivity index (χ4v) is 4.95. The Morgan fingerprint density at radius 1 is 1.19 bits per heavy atom. The van der Waals surface area contributed by atoms with Crippen LogP contribution < -0.4 is 15.4 Å². The van der Waals surface area contributed by atoms with Crippen LogP contribution in [0.5, 0.6) is 5.75 Å². The highest BCUT2D eigenvalue weighted by molar-refractivity contribution is 7.89. The predicted octanol–water partition coefficient (Wildman–Crippen LogP) is 3.87. The van der Waals surface area contributed by atoms with Gasteiger partial charge in [0.15, 0.2) is 0 Å². The van der Waals surface area contributed by atoms with Crippen molar-refractivity contribution in [2.45, 2.75) is 37.5 Å². The van der Waals surface area contributed by atoms with Crippen LogP contribution in [0, 0.1) is 11.3 Å². The van der Waals surface area contributed by atoms with Gasteiger partial charge < -0.3 is 4.74 Å². The fourth-order valence-electron chi connectivity index (χ4n) is 4.12. The highest BCUT2D eigenvalue weighted by atomic mass is 35.5. The molecule has 5 nitrogen and oxygen atoms in total. The normalized spacial score (nSPS) is 21.1. The number of nitrogens with one attached hydrogen (secondary N) is 1. The van der Waals surface area contributed by atoms with Crippen molar-refractivity contribution in [1.82, 2.24) is 4.83 Å². The first-order valence-corrected chi connectivity index (χ1v) is 10.7. The van der Waals surface area contributed by atoms with Gasteiger partial charge in [-0.2, -0.15) is 4.83 Å². The highest BCUT2D eigenvalue weighted by Crippen LogP contribution is 2.66. The van der Waals surface area contributed by atoms with Crippen molar-refractivity contribution in [2.75, 3.05) is 7.11 Å². The second-order valence-corrected chi connectivity index (χ2v) is 9.74. The lowest BCUT2D eigenvalue weighted by atomic mass is 10.0. The summed E-state index contributed by atoms with van der Waals surface area (Å²) in [4.78, 5) is 2.02. The molecular weight excluding hydrogens is 384 g/mol. The van der Waals surface area contributed by atoms with Crippen LogP contribution in [0.3, 0.4) is 0 Å². The monoisotopic (exact) mass is 408 g/mol. The van der Waals surface area contributed by atoms with Crippen LogP contribution in [0.25, 0.3) is 0 Å². The Labute approximate surface area is 165 Å². The van der Waals surface area contributed by atoms with Crippen LogP contribution in [0.2, 0.25) is 5.02 Å². The minimum atomic E-state index is -3.62. The summed E-state index contributed by atoms with van der Waals surface area (Å²) >= 11 is 6.13. The van der Waals surface area contributed by atoms with Crippen molar-refractivity contribution in [3.05, 3.63) is 58.6 Å². The molecule has 0 radical (unpaired) electrons. The summed E-state index contributed by atoms with van der Waals surface area (Å²) in [6, 6.07) is 12.7. The molecule has 0 unspecified atom stereocenters. The molecule has 27 heavy (non-hydrogen) atoms. The van der Waals surface area contributed by atoms with Crippen molar-refractivity contribution in [1.29, 1.82) is 0 Å². The van der Waals surface area contributed by atoms with Gasteiger partial charge in [-0.15, -0.1) is 0 Å². The van der Waals surface area contributed by atoms with Gasteiger partial charge in [0, 0.05) is 5.02 Å². The highest BCUT2D eigenvalue weighted by Gasteiger charge is 2.57. The summed E-state index contributed by atoms with van der Waals surface area (Å²) in [6.45, 7) is 4.51. The van der Waals surface area contributed by atoms with E-state index in [0.29, 0.717) is 16.9 Å². The van der Waals surface area contributed by atoms with Gasteiger partial charge in [-0.25, -0.2) is 8.42 Å². The van der Waals surface area contributed by atoms with E-state index in [4.69, 9.17) is 22.2 Å². The molecule has 1 fully saturated rings. The van der Waals surface area contributed by atoms with Crippen molar-refractivity contribution < 1.29 is 13.2 Å². The third-order valence-corrected chi connectivity index (χ3v) is 7.16. The third-order valence-electron chi connectivity index (χ3n) is 5.72. The Morgan fingerprint density at radius 2 is 1.85 bits per heavy atom. The Hall–Kier alpha value is -1.60. The number of ether oxygens (including phenoxy) is 1. The van der Waals surface area contributed by atoms with E-state index in [1.54, 1.807) is 19.2 Å². The number of halogens is 1. The number of sulfonamides is 1. The van der Waals surface area contributed by atoms with Crippen molar-refractivity contribution in [3.8, 4) is 5.75 Å². The largest absolute Gasteiger partial charge is 0.496 e. The molecule has 2 aromatic rings. The molecule has 0 amide bonds. The van der Waals surface area contributed by atoms with Crippen LogP contribution in [-0.2, 0) is 16.4 Å². The van der Waals surface area contributed by atoms with Crippen LogP contribution in [0.15, 0.2) is 47.4 Å². The molecule has 7 heteroatoms. The topological polar surface area (TPSA) is 81.4 Å². The maximum absolute atomic E-state index is 11.8. The number of benzene rings is 2. The molecule has 0 spiro atoms. The van der Waals surface area contributed by atoms with E-state index in [-0.39, 0.29) is 10.3 Å². The van der Waals surface area contributed by atoms with Crippen molar-refractivity contribution in [2.24, 2.45) is 17.2 Å². The molecule has 3 rings (SSSR count). The summed E-state index contributed by atoms with van der Waals surface area (Å²) in [5.41, 5.74) is 2.43. The van der Waals surface area contributed by atoms with Gasteiger partial charge in [-0.1, -0.05) is 37.6 Å². The number of hydrogen-bond donors (Lipinski definition) is 2. The van der Waals surface area contributed by atoms with E-state index in [1.165, 1.54) is 0 Å². The summed E-state index contributed by atoms with van der Waals surface area (Å²) < 4.78 is 29.0. The van der Waals surface area contributed by atoms with Gasteiger partial charge in [-0.05, 0) is 71.6 Å². The number of rotatable bonds is 7. The van der Waals surface area contributed by atoms with Gasteiger partial charge in [0.25, 0.3) is 10.0 Å². The lowest BCUT2D eigenvalue weighted by molar-refractivity contribution is 0.407. The summed E-state index contributed by atoms with van der Waals surface area (Å²) in [5, 5.41) is 0.711. The standard InChI is InChI=1S/C20H25ClN2O3S/c1-20(2)17(10-6-14-12-15(21)7-11-18(14)26-3)19(20)13-4-8-16(9-5-13)27(24,25)23-22/h4-5,7-9,11-12,17,19,23H,6,10,22H2,1-3H3/t17-,19-/m1/s1. The number of aryl methyl sites for hydroxylation is 1. The van der Waals surface area contributed by atoms with E-state index in [1.807, 2.05) is 35.2 Å². The van der Waals surface area contributed by atoms with E-state index in [9.17, 15) is 8.42 Å². The molecule has 0 aliphatic heterocycles. The maximum atomic E-state index is 11.8. The molecule has 0 heterocycles. The molecule has 0 saturated heterocycles. The zero-order valence-electron chi connectivity index (χ0n) is 15.7. The van der Waals surface area contributed by atoms with Crippen LogP contribution in [0.4, 0.5) is 0 Å². The number of methoxy groups -OCH3 is 1. The molecule has 2 aromatic carbocycles. The minimum Gasteiger partial charge on any atom is -0.496 e. The Morgan fingerprint density at radius 3 is 2.44 bits per heavy atom. The number of hydrazine groups is 1. The smallest absolute Gasteiger partial charge is 0.253 e. The molecule has 1 aliphatic rings. The Balaban J connectivity index is 1.73. The fraction of sp³-hybridized carbons (Fsp3) is 0.400. The third kappa shape index (κ3) is 3.99. The van der Waals surface area contributed by atoms with Gasteiger partial charge in [0.2, 0.25) is 0 Å². The summed E-state index contributed by atoms with van der Waals surface area (Å²) in [5.74, 6) is 6.85. The van der Waals surface area contributed by atoms with Crippen LogP contribution in [-0.4, -0.2) is 15.5 Å². The number of nitrogens with two attached hydrogens (primary N) is 1. The van der Waals surface area contributed by atoms with Gasteiger partial charge in [0.1, 0.15) is 5.75 Å². The average molecular weight is 409 g/mol. The van der Waals surface area contributed by atoms with E-state index in [2.05, 4.69) is 13.8 Å². The second kappa shape index (κ2) is 7.43. The van der Waals surface area contributed by atoms with E-state index in [0.717, 1.165) is 29.7 Å². The van der Waals surface area contributed by atoms with Crippen LogP contribution >= 0.6 is 11.6 Å². The minimum absolute atomic E-state index is 0.165. The first kappa shape index (κ1) is 20.1. The molecule has 0 aromatic heterocycles. The lowest BCUT2D eigenvalue weighted by Crippen LogP contribution is -2.30. The predicted molar refractivity (Wildman–Crippen MR) is 107 cm³/mol. The molecule has 2 atom stereocenters. The van der Waals surface area contributed by atoms with Crippen molar-refractivity contribution >= 4 is 21.6 Å². The summed E-state index contributed by atoms with van der Waals surface area (Å²) in [6.07, 6.45) is 1.90. The first-order valence-electron chi connectivity index (χ1n) is 8.85. The van der Waals surface area contributed by atoms with Gasteiger partial charge >= 0.3 is 0 Å². The van der Waals surface area contributed by atoms with E-state index >= 15 is 0 Å². The quantitative estimate of drug-likeness (QED) is 0.538. The summed E-state index contributed by atoms with van der Waals surface area (Å²) in [7, 11) is -1.95. The lowest BCUT2D eigenvalue weighted by Gasteiger charge is -2.09. The molecule has 146 valence electrons. The number of hydrogen-bond acceptors (Lipinski definition) is 4. The Bertz CT molecular complexity index is 927. The molecule has 3 N–H and O–H groups in total. The molecule has 1 aliphatic carbocycles. The molecular formula is C20H25ClN2O3S. The Kier molecular flexibility index (Phi) is 5.54. The van der Waals surface area contributed by atoms with Gasteiger partial charge in [0.05, 0.1) is 12.0 Å².